The van der Waals surface area contributed by atoms with E-state index in [1.807, 2.05) is 18.2 Å². The van der Waals surface area contributed by atoms with Gasteiger partial charge in [0.05, 0.1) is 3.74 Å². The first-order chi connectivity index (χ1) is 7.13. The monoisotopic (exact) mass is 334 g/mol. The molecule has 0 aliphatic heterocycles. The lowest BCUT2D eigenvalue weighted by molar-refractivity contribution is 0.562. The molecule has 0 aromatic heterocycles. The van der Waals surface area contributed by atoms with E-state index in [-0.39, 0.29) is 3.74 Å². The lowest BCUT2D eigenvalue weighted by Crippen LogP contribution is -1.75. The lowest BCUT2D eigenvalue weighted by Gasteiger charge is -1.97. The molecule has 80 valence electrons. The van der Waals surface area contributed by atoms with Gasteiger partial charge in [0, 0.05) is 0 Å². The molecule has 0 fully saturated rings. The zero-order valence-electron chi connectivity index (χ0n) is 7.54. The minimum atomic E-state index is 0.284. The number of halogens is 2. The molecule has 0 unspecified atom stereocenters. The number of nitrogens with one attached hydrogen (secondary N) is 2. The molecular weight excluding hydrogens is 328 g/mol. The van der Waals surface area contributed by atoms with Crippen LogP contribution in [-0.2, 0) is 9.59 Å². The van der Waals surface area contributed by atoms with Crippen molar-refractivity contribution < 1.29 is 9.59 Å². The van der Waals surface area contributed by atoms with Crippen molar-refractivity contribution in [1.82, 2.24) is 0 Å². The highest BCUT2D eigenvalue weighted by atomic mass is 79.9. The number of rotatable bonds is 1. The van der Waals surface area contributed by atoms with E-state index >= 15 is 0 Å². The van der Waals surface area contributed by atoms with Gasteiger partial charge >= 0.3 is 0 Å². The zero-order valence-corrected chi connectivity index (χ0v) is 10.7. The van der Waals surface area contributed by atoms with Gasteiger partial charge in [-0.05, 0) is 5.56 Å². The van der Waals surface area contributed by atoms with Gasteiger partial charge in [-0.2, -0.15) is 0 Å². The summed E-state index contributed by atoms with van der Waals surface area (Å²) in [6, 6.07) is 10.2. The summed E-state index contributed by atoms with van der Waals surface area (Å²) < 4.78 is 0.284. The van der Waals surface area contributed by atoms with Crippen LogP contribution in [0.4, 0.5) is 0 Å². The maximum atomic E-state index is 8.35. The van der Waals surface area contributed by atoms with Gasteiger partial charge in [-0.3, -0.25) is 0 Å². The number of carbonyl (C=O) groups excluding carboxylic acids is 2. The summed E-state index contributed by atoms with van der Waals surface area (Å²) in [6.45, 7) is 0. The molecule has 0 heterocycles. The van der Waals surface area contributed by atoms with Gasteiger partial charge in [0.2, 0.25) is 12.2 Å². The molecule has 0 saturated heterocycles. The number of alkyl halides is 2. The van der Waals surface area contributed by atoms with E-state index in [4.69, 9.17) is 20.4 Å². The zero-order chi connectivity index (χ0) is 12.1. The number of benzene rings is 1. The van der Waals surface area contributed by atoms with E-state index in [1.54, 1.807) is 0 Å². The summed E-state index contributed by atoms with van der Waals surface area (Å²) in [5, 5.41) is 10.8. The maximum absolute atomic E-state index is 8.35. The second-order valence-corrected chi connectivity index (χ2v) is 4.98. The van der Waals surface area contributed by atoms with Gasteiger partial charge in [-0.1, -0.05) is 62.2 Å². The molecule has 1 aromatic carbocycles. The minimum absolute atomic E-state index is 0.284. The van der Waals surface area contributed by atoms with Crippen molar-refractivity contribution in [2.45, 2.75) is 3.74 Å². The molecular formula is C9H8Br2N2O2. The smallest absolute Gasteiger partial charge is 0.222 e. The maximum Gasteiger partial charge on any atom is 0.231 e. The average Bonchev–Trinajstić information content (AvgIpc) is 2.21. The largest absolute Gasteiger partial charge is 0.231 e. The summed E-state index contributed by atoms with van der Waals surface area (Å²) in [7, 11) is 0. The molecule has 1 aromatic rings. The van der Waals surface area contributed by atoms with Crippen LogP contribution in [-0.4, -0.2) is 12.2 Å². The van der Waals surface area contributed by atoms with Gasteiger partial charge in [-0.15, -0.1) is 0 Å². The summed E-state index contributed by atoms with van der Waals surface area (Å²) in [5.41, 5.74) is 1.25. The Morgan fingerprint density at radius 3 is 1.53 bits per heavy atom. The second kappa shape index (κ2) is 12.9. The Kier molecular flexibility index (Phi) is 14.1. The molecule has 0 aliphatic carbocycles. The molecule has 0 radical (unpaired) electrons. The molecule has 1 rings (SSSR count). The Hall–Kier alpha value is -1.06. The van der Waals surface area contributed by atoms with Crippen LogP contribution in [0.2, 0.25) is 0 Å². The van der Waals surface area contributed by atoms with Gasteiger partial charge in [0.25, 0.3) is 0 Å². The van der Waals surface area contributed by atoms with Crippen molar-refractivity contribution in [3.05, 3.63) is 35.9 Å². The Labute approximate surface area is 104 Å². The molecule has 0 spiro atoms. The summed E-state index contributed by atoms with van der Waals surface area (Å²) >= 11 is 6.80. The Bertz CT molecular complexity index is 304. The van der Waals surface area contributed by atoms with E-state index < -0.39 is 0 Å². The van der Waals surface area contributed by atoms with E-state index in [2.05, 4.69) is 44.0 Å². The van der Waals surface area contributed by atoms with Crippen LogP contribution in [0, 0.1) is 10.8 Å². The molecule has 0 bridgehead atoms. The average molecular weight is 336 g/mol. The molecule has 0 atom stereocenters. The molecule has 2 N–H and O–H groups in total. The molecule has 6 heteroatoms. The molecule has 0 saturated carbocycles. The number of isocyanates is 2. The minimum Gasteiger partial charge on any atom is -0.222 e. The highest BCUT2D eigenvalue weighted by Gasteiger charge is 1.97. The van der Waals surface area contributed by atoms with Crippen molar-refractivity contribution in [3.8, 4) is 0 Å². The van der Waals surface area contributed by atoms with Gasteiger partial charge < -0.3 is 0 Å². The SMILES string of the molecule is BrC(Br)c1ccccc1.N=C=O.N=C=O. The van der Waals surface area contributed by atoms with Crippen molar-refractivity contribution in [3.63, 3.8) is 0 Å². The molecule has 0 aliphatic rings. The van der Waals surface area contributed by atoms with Gasteiger partial charge in [0.15, 0.2) is 0 Å². The topological polar surface area (TPSA) is 81.8 Å². The number of hydrogen-bond acceptors (Lipinski definition) is 4. The van der Waals surface area contributed by atoms with Gasteiger partial charge in [-0.25, -0.2) is 20.4 Å². The highest BCUT2D eigenvalue weighted by molar-refractivity contribution is 9.24. The molecule has 4 nitrogen and oxygen atoms in total. The van der Waals surface area contributed by atoms with E-state index in [1.165, 1.54) is 5.56 Å². The fraction of sp³-hybridized carbons (Fsp3) is 0.111. The first-order valence-corrected chi connectivity index (χ1v) is 5.38. The predicted octanol–water partition coefficient (Wildman–Crippen LogP) is 3.28. The third kappa shape index (κ3) is 12.9. The molecule has 15 heavy (non-hydrogen) atoms. The van der Waals surface area contributed by atoms with Crippen LogP contribution in [0.5, 0.6) is 0 Å². The van der Waals surface area contributed by atoms with E-state index in [9.17, 15) is 0 Å². The van der Waals surface area contributed by atoms with Crippen LogP contribution in [0.1, 0.15) is 9.30 Å². The number of hydrogen-bond donors (Lipinski definition) is 2. The standard InChI is InChI=1S/C7H6Br2.2CHNO/c8-7(9)6-4-2-1-3-5-6;2*2-1-3/h1-5,7H;2*2H. The lowest BCUT2D eigenvalue weighted by atomic mass is 10.2. The predicted molar refractivity (Wildman–Crippen MR) is 63.9 cm³/mol. The third-order valence-electron chi connectivity index (χ3n) is 1.05. The first kappa shape index (κ1) is 16.4. The van der Waals surface area contributed by atoms with Crippen molar-refractivity contribution >= 4 is 44.0 Å². The van der Waals surface area contributed by atoms with Crippen molar-refractivity contribution in [2.24, 2.45) is 0 Å². The van der Waals surface area contributed by atoms with Crippen LogP contribution in [0.15, 0.2) is 30.3 Å². The Balaban J connectivity index is 0. The van der Waals surface area contributed by atoms with Crippen molar-refractivity contribution in [1.29, 1.82) is 10.8 Å². The van der Waals surface area contributed by atoms with Crippen LogP contribution < -0.4 is 0 Å². The van der Waals surface area contributed by atoms with Crippen LogP contribution in [0.25, 0.3) is 0 Å². The summed E-state index contributed by atoms with van der Waals surface area (Å²) in [4.78, 5) is 16.7. The first-order valence-electron chi connectivity index (χ1n) is 3.54. The summed E-state index contributed by atoms with van der Waals surface area (Å²) in [6.07, 6.45) is 1.50. The second-order valence-electron chi connectivity index (χ2n) is 1.92. The van der Waals surface area contributed by atoms with Gasteiger partial charge in [0.1, 0.15) is 0 Å². The van der Waals surface area contributed by atoms with Crippen LogP contribution >= 0.6 is 31.9 Å². The van der Waals surface area contributed by atoms with Crippen LogP contribution in [0.3, 0.4) is 0 Å². The van der Waals surface area contributed by atoms with E-state index in [0.29, 0.717) is 0 Å². The fourth-order valence-corrected chi connectivity index (χ4v) is 1.21. The summed E-state index contributed by atoms with van der Waals surface area (Å²) in [5.74, 6) is 0. The Morgan fingerprint density at radius 1 is 1.00 bits per heavy atom. The normalized spacial score (nSPS) is 7.13. The molecule has 0 amide bonds. The Morgan fingerprint density at radius 2 is 1.33 bits per heavy atom. The quantitative estimate of drug-likeness (QED) is 0.469. The third-order valence-corrected chi connectivity index (χ3v) is 2.11. The fourth-order valence-electron chi connectivity index (χ4n) is 0.599. The van der Waals surface area contributed by atoms with E-state index in [0.717, 1.165) is 12.2 Å². The highest BCUT2D eigenvalue weighted by Crippen LogP contribution is 2.28. The van der Waals surface area contributed by atoms with Crippen molar-refractivity contribution in [2.75, 3.05) is 0 Å².